The summed E-state index contributed by atoms with van der Waals surface area (Å²) in [6.45, 7) is 11.7. The van der Waals surface area contributed by atoms with E-state index in [0.717, 1.165) is 31.3 Å². The third kappa shape index (κ3) is 8.51. The lowest BCUT2D eigenvalue weighted by Gasteiger charge is -2.30. The van der Waals surface area contributed by atoms with Crippen LogP contribution in [0.4, 0.5) is 0 Å². The molecule has 0 radical (unpaired) electrons. The molecule has 0 N–H and O–H groups in total. The molecule has 25 heavy (non-hydrogen) atoms. The summed E-state index contributed by atoms with van der Waals surface area (Å²) >= 11 is 0. The minimum Gasteiger partial charge on any atom is -0.308 e. The Bertz CT molecular complexity index is 428. The quantitative estimate of drug-likeness (QED) is 0.181. The summed E-state index contributed by atoms with van der Waals surface area (Å²) in [7, 11) is -7.39. The van der Waals surface area contributed by atoms with Crippen LogP contribution in [0.2, 0.25) is 0 Å². The zero-order valence-electron chi connectivity index (χ0n) is 16.7. The minimum atomic E-state index is -3.69. The van der Waals surface area contributed by atoms with E-state index in [1.807, 2.05) is 6.92 Å². The summed E-state index contributed by atoms with van der Waals surface area (Å²) in [6.07, 6.45) is 5.80. The van der Waals surface area contributed by atoms with E-state index < -0.39 is 20.6 Å². The van der Waals surface area contributed by atoms with Crippen LogP contribution < -0.4 is 0 Å². The van der Waals surface area contributed by atoms with Crippen molar-refractivity contribution in [3.05, 3.63) is 11.6 Å². The maximum atomic E-state index is 13.4. The second-order valence-electron chi connectivity index (χ2n) is 5.63. The van der Waals surface area contributed by atoms with Gasteiger partial charge in [0, 0.05) is 0 Å². The maximum absolute atomic E-state index is 13.4. The average Bonchev–Trinajstić information content (AvgIpc) is 2.53. The van der Waals surface area contributed by atoms with Crippen LogP contribution in [0, 0.1) is 0 Å². The molecule has 0 aromatic heterocycles. The Morgan fingerprint density at radius 3 is 1.52 bits per heavy atom. The van der Waals surface area contributed by atoms with Gasteiger partial charge in [-0.05, 0) is 47.5 Å². The first-order valence-corrected chi connectivity index (χ1v) is 12.5. The third-order valence-corrected chi connectivity index (χ3v) is 9.26. The Labute approximate surface area is 153 Å². The Hall–Kier alpha value is 0.0400. The normalized spacial score (nSPS) is 13.6. The van der Waals surface area contributed by atoms with Gasteiger partial charge in [-0.2, -0.15) is 0 Å². The van der Waals surface area contributed by atoms with Gasteiger partial charge in [0.25, 0.3) is 0 Å². The number of rotatable bonds is 15. The first kappa shape index (κ1) is 25.0. The van der Waals surface area contributed by atoms with E-state index in [-0.39, 0.29) is 26.4 Å². The van der Waals surface area contributed by atoms with Crippen LogP contribution in [-0.4, -0.2) is 31.8 Å². The Kier molecular flexibility index (Phi) is 13.3. The van der Waals surface area contributed by atoms with E-state index in [0.29, 0.717) is 0 Å². The number of hydrogen-bond donors (Lipinski definition) is 0. The van der Waals surface area contributed by atoms with Crippen molar-refractivity contribution in [3.63, 3.8) is 0 Å². The van der Waals surface area contributed by atoms with Gasteiger partial charge < -0.3 is 18.1 Å². The van der Waals surface area contributed by atoms with Gasteiger partial charge in [0.05, 0.1) is 26.4 Å². The molecule has 0 aliphatic carbocycles. The van der Waals surface area contributed by atoms with Gasteiger partial charge in [-0.1, -0.05) is 31.4 Å². The Morgan fingerprint density at radius 1 is 0.800 bits per heavy atom. The molecule has 0 amide bonds. The molecule has 0 fully saturated rings. The first-order valence-electron chi connectivity index (χ1n) is 9.28. The van der Waals surface area contributed by atoms with Crippen LogP contribution in [0.25, 0.3) is 0 Å². The van der Waals surface area contributed by atoms with Crippen molar-refractivity contribution < 1.29 is 27.2 Å². The van der Waals surface area contributed by atoms with Gasteiger partial charge in [-0.3, -0.25) is 9.13 Å². The molecule has 0 aliphatic rings. The van der Waals surface area contributed by atoms with Gasteiger partial charge >= 0.3 is 15.2 Å². The lowest BCUT2D eigenvalue weighted by molar-refractivity contribution is 0.199. The number of unbranched alkanes of at least 4 members (excludes halogenated alkanes) is 2. The third-order valence-electron chi connectivity index (χ3n) is 3.49. The smallest absolute Gasteiger partial charge is 0.308 e. The minimum absolute atomic E-state index is 0.189. The van der Waals surface area contributed by atoms with Crippen LogP contribution in [0.3, 0.4) is 0 Å². The van der Waals surface area contributed by atoms with Crippen molar-refractivity contribution in [1.82, 2.24) is 0 Å². The summed E-state index contributed by atoms with van der Waals surface area (Å²) in [5.74, 6) is 0. The molecule has 0 aromatic rings. The first-order chi connectivity index (χ1) is 11.8. The molecule has 8 heteroatoms. The molecule has 0 rings (SSSR count). The Morgan fingerprint density at radius 2 is 1.20 bits per heavy atom. The van der Waals surface area contributed by atoms with Crippen molar-refractivity contribution in [2.45, 2.75) is 72.6 Å². The molecule has 6 nitrogen and oxygen atoms in total. The maximum Gasteiger partial charge on any atom is 0.349 e. The summed E-state index contributed by atoms with van der Waals surface area (Å²) in [6, 6.07) is 0. The highest BCUT2D eigenvalue weighted by atomic mass is 31.2. The van der Waals surface area contributed by atoms with Crippen molar-refractivity contribution in [3.8, 4) is 0 Å². The topological polar surface area (TPSA) is 71.1 Å². The number of allylic oxidation sites excluding steroid dienone is 2. The molecule has 0 heterocycles. The van der Waals surface area contributed by atoms with Crippen LogP contribution in [-0.2, 0) is 27.2 Å². The van der Waals surface area contributed by atoms with E-state index in [1.54, 1.807) is 33.8 Å². The van der Waals surface area contributed by atoms with E-state index in [1.165, 1.54) is 0 Å². The molecule has 0 saturated carbocycles. The van der Waals surface area contributed by atoms with E-state index in [4.69, 9.17) is 18.1 Å². The van der Waals surface area contributed by atoms with Gasteiger partial charge in [-0.25, -0.2) is 0 Å². The molecule has 0 atom stereocenters. The lowest BCUT2D eigenvalue weighted by atomic mass is 10.1. The van der Waals surface area contributed by atoms with Crippen LogP contribution in [0.5, 0.6) is 0 Å². The lowest BCUT2D eigenvalue weighted by Crippen LogP contribution is -2.16. The summed E-state index contributed by atoms with van der Waals surface area (Å²) < 4.78 is 48.5. The fourth-order valence-electron chi connectivity index (χ4n) is 2.45. The van der Waals surface area contributed by atoms with Crippen molar-refractivity contribution in [2.24, 2.45) is 0 Å². The highest BCUT2D eigenvalue weighted by molar-refractivity contribution is 7.73. The summed E-state index contributed by atoms with van der Waals surface area (Å²) in [4.78, 5) is 0. The molecular weight excluding hydrogens is 362 g/mol. The second-order valence-corrected chi connectivity index (χ2v) is 10.3. The average molecular weight is 398 g/mol. The van der Waals surface area contributed by atoms with Gasteiger partial charge in [0.2, 0.25) is 0 Å². The monoisotopic (exact) mass is 398 g/mol. The van der Waals surface area contributed by atoms with Crippen LogP contribution >= 0.6 is 15.2 Å². The van der Waals surface area contributed by atoms with E-state index in [9.17, 15) is 9.13 Å². The molecule has 0 unspecified atom stereocenters. The summed E-state index contributed by atoms with van der Waals surface area (Å²) in [5, 5.41) is -1.05. The second kappa shape index (κ2) is 13.2. The molecule has 0 bridgehead atoms. The van der Waals surface area contributed by atoms with Gasteiger partial charge in [0.1, 0.15) is 0 Å². The zero-order chi connectivity index (χ0) is 19.3. The molecular formula is C17H36O6P2. The van der Waals surface area contributed by atoms with Crippen LogP contribution in [0.1, 0.15) is 67.2 Å². The predicted octanol–water partition coefficient (Wildman–Crippen LogP) is 6.37. The van der Waals surface area contributed by atoms with E-state index >= 15 is 0 Å². The molecule has 0 aromatic carbocycles. The van der Waals surface area contributed by atoms with Gasteiger partial charge in [0.15, 0.2) is 5.40 Å². The summed E-state index contributed by atoms with van der Waals surface area (Å²) in [5.41, 5.74) is 0.984. The molecule has 0 saturated heterocycles. The highest BCUT2D eigenvalue weighted by Gasteiger charge is 2.49. The number of hydrogen-bond acceptors (Lipinski definition) is 6. The van der Waals surface area contributed by atoms with Crippen molar-refractivity contribution >= 4 is 15.2 Å². The van der Waals surface area contributed by atoms with E-state index in [2.05, 4.69) is 6.92 Å². The van der Waals surface area contributed by atoms with Crippen molar-refractivity contribution in [2.75, 3.05) is 26.4 Å². The zero-order valence-corrected chi connectivity index (χ0v) is 18.4. The largest absolute Gasteiger partial charge is 0.349 e. The fourth-order valence-corrected chi connectivity index (χ4v) is 7.71. The predicted molar refractivity (Wildman–Crippen MR) is 103 cm³/mol. The standard InChI is InChI=1S/C17H36O6P2/c1-7-12-13-14-16(6)15-17(24(18,20-8-2)21-9-3)25(19,22-10-4)23-11-5/h15,17H,7-14H2,1-6H3/b16-15+. The van der Waals surface area contributed by atoms with Crippen molar-refractivity contribution in [1.29, 1.82) is 0 Å². The SMILES string of the molecule is CCCCC/C(C)=C/C(P(=O)(OCC)OCC)P(=O)(OCC)OCC. The highest BCUT2D eigenvalue weighted by Crippen LogP contribution is 2.71. The molecule has 0 aliphatic heterocycles. The van der Waals surface area contributed by atoms with Crippen LogP contribution in [0.15, 0.2) is 11.6 Å². The van der Waals surface area contributed by atoms with Gasteiger partial charge in [-0.15, -0.1) is 0 Å². The molecule has 150 valence electrons. The fraction of sp³-hybridized carbons (Fsp3) is 0.882. The Balaban J connectivity index is 5.88. The molecule has 0 spiro atoms.